The summed E-state index contributed by atoms with van der Waals surface area (Å²) in [6.07, 6.45) is 2.37. The van der Waals surface area contributed by atoms with Crippen molar-refractivity contribution in [2.45, 2.75) is 196 Å². The van der Waals surface area contributed by atoms with Crippen LogP contribution in [-0.2, 0) is 31.7 Å². The Kier molecular flexibility index (Phi) is 21.6. The zero-order chi connectivity index (χ0) is 52.1. The van der Waals surface area contributed by atoms with Crippen molar-refractivity contribution in [2.75, 3.05) is 0 Å². The van der Waals surface area contributed by atoms with Crippen molar-refractivity contribution in [3.63, 3.8) is 0 Å². The third kappa shape index (κ3) is 15.8. The quantitative estimate of drug-likeness (QED) is 0.0947. The molecule has 8 heteroatoms. The molecule has 0 bridgehead atoms. The molecule has 2 unspecified atom stereocenters. The van der Waals surface area contributed by atoms with Gasteiger partial charge in [0.2, 0.25) is 0 Å². The third-order valence-electron chi connectivity index (χ3n) is 13.7. The van der Waals surface area contributed by atoms with E-state index in [4.69, 9.17) is 17.0 Å². The van der Waals surface area contributed by atoms with Crippen LogP contribution < -0.4 is 20.7 Å². The molecule has 0 N–H and O–H groups in total. The Morgan fingerprint density at radius 2 is 0.735 bits per heavy atom. The zero-order valence-electron chi connectivity index (χ0n) is 47.4. The van der Waals surface area contributed by atoms with Gasteiger partial charge in [-0.3, -0.25) is 0 Å². The first-order valence-corrected chi connectivity index (χ1v) is 47.8. The topological polar surface area (TPSA) is 0 Å². The number of halogens is 2. The summed E-state index contributed by atoms with van der Waals surface area (Å²) in [5, 5.41) is 12.0. The van der Waals surface area contributed by atoms with Crippen LogP contribution in [0.25, 0.3) is 43.8 Å². The molecule has 0 aromatic heterocycles. The van der Waals surface area contributed by atoms with E-state index >= 15 is 0 Å². The predicted octanol–water partition coefficient (Wildman–Crippen LogP) is 18.4. The van der Waals surface area contributed by atoms with Gasteiger partial charge in [0.05, 0.1) is 32.3 Å². The molecule has 370 valence electrons. The first-order valence-electron chi connectivity index (χ1n) is 25.4. The van der Waals surface area contributed by atoms with Crippen LogP contribution in [0.15, 0.2) is 84.9 Å². The molecular formula is C60H92Cl2Si5Zr. The van der Waals surface area contributed by atoms with E-state index < -0.39 is 53.1 Å². The molecule has 68 heavy (non-hydrogen) atoms. The minimum absolute atomic E-state index is 0.103. The van der Waals surface area contributed by atoms with Crippen molar-refractivity contribution in [3.8, 4) is 22.3 Å². The molecule has 0 nitrogen and oxygen atoms in total. The van der Waals surface area contributed by atoms with Gasteiger partial charge in [0, 0.05) is 9.52 Å². The van der Waals surface area contributed by atoms with Crippen LogP contribution in [0.1, 0.15) is 116 Å². The van der Waals surface area contributed by atoms with Crippen molar-refractivity contribution in [1.82, 2.24) is 0 Å². The standard InChI is InChI=1S/2C29H43Si2.C2H6Si.2ClH.Zr/c2*1-12-20(2)22-15-21-13-14-27(29(3,4)5)28(26(21)18-22)23-16-24(30(6,7)8)19-25(17-23)31(9,10)11;1-3-2;;;/h2*13-20H,12H2,1-11H3;1-2H3;2*1H;/q2*-1;;;;+4/p-2. The van der Waals surface area contributed by atoms with E-state index in [0.717, 1.165) is 9.52 Å². The Hall–Kier alpha value is -1.35. The molecule has 0 heterocycles. The van der Waals surface area contributed by atoms with E-state index in [-0.39, 0.29) is 10.8 Å². The Morgan fingerprint density at radius 1 is 0.485 bits per heavy atom. The number of hydrogen-bond acceptors (Lipinski definition) is 0. The second-order valence-electron chi connectivity index (χ2n) is 25.8. The number of fused-ring (bicyclic) bond motifs is 2. The fourth-order valence-electron chi connectivity index (χ4n) is 8.80. The molecular weight excluding hydrogens is 1020 g/mol. The van der Waals surface area contributed by atoms with Crippen molar-refractivity contribution in [3.05, 3.63) is 107 Å². The first-order chi connectivity index (χ1) is 31.1. The van der Waals surface area contributed by atoms with Crippen molar-refractivity contribution in [1.29, 1.82) is 0 Å². The molecule has 0 aliphatic rings. The van der Waals surface area contributed by atoms with Crippen molar-refractivity contribution < 1.29 is 20.8 Å². The van der Waals surface area contributed by atoms with Crippen LogP contribution in [0.5, 0.6) is 0 Å². The summed E-state index contributed by atoms with van der Waals surface area (Å²) in [4.78, 5) is 0. The molecule has 6 aromatic rings. The molecule has 2 atom stereocenters. The summed E-state index contributed by atoms with van der Waals surface area (Å²) in [7, 11) is 5.21. The fraction of sp³-hybridized carbons (Fsp3) is 0.500. The number of hydrogen-bond donors (Lipinski definition) is 0. The van der Waals surface area contributed by atoms with Gasteiger partial charge in [-0.25, -0.2) is 0 Å². The fourth-order valence-corrected chi connectivity index (χ4v) is 13.8. The van der Waals surface area contributed by atoms with Gasteiger partial charge in [-0.15, -0.1) is 69.1 Å². The van der Waals surface area contributed by atoms with Crippen molar-refractivity contribution in [2.24, 2.45) is 0 Å². The number of rotatable bonds is 10. The van der Waals surface area contributed by atoms with E-state index in [1.807, 2.05) is 0 Å². The van der Waals surface area contributed by atoms with Gasteiger partial charge in [-0.05, 0) is 33.8 Å². The zero-order valence-corrected chi connectivity index (χ0v) is 56.4. The molecule has 0 amide bonds. The van der Waals surface area contributed by atoms with E-state index in [1.165, 1.54) is 78.9 Å². The van der Waals surface area contributed by atoms with Gasteiger partial charge in [0.1, 0.15) is 0 Å². The summed E-state index contributed by atoms with van der Waals surface area (Å²) in [5.41, 5.74) is 11.9. The Labute approximate surface area is 443 Å². The van der Waals surface area contributed by atoms with E-state index in [0.29, 0.717) is 11.8 Å². The summed E-state index contributed by atoms with van der Waals surface area (Å²) in [5.74, 6) is 1.20. The molecule has 0 saturated heterocycles. The average molecular weight is 1120 g/mol. The van der Waals surface area contributed by atoms with E-state index in [1.54, 1.807) is 20.7 Å². The molecule has 6 rings (SSSR count). The molecule has 2 radical (unpaired) electrons. The Morgan fingerprint density at radius 3 is 0.941 bits per heavy atom. The summed E-state index contributed by atoms with van der Waals surface area (Å²) < 4.78 is 0. The molecule has 0 fully saturated rings. The first kappa shape index (κ1) is 60.9. The maximum absolute atomic E-state index is 4.93. The van der Waals surface area contributed by atoms with Crippen LogP contribution in [0.3, 0.4) is 0 Å². The summed E-state index contributed by atoms with van der Waals surface area (Å²) in [6.45, 7) is 57.5. The van der Waals surface area contributed by atoms with Crippen LogP contribution in [0, 0.1) is 0 Å². The predicted molar refractivity (Wildman–Crippen MR) is 326 cm³/mol. The molecule has 0 aliphatic carbocycles. The molecule has 6 aromatic carbocycles. The molecule has 0 saturated carbocycles. The van der Waals surface area contributed by atoms with Crippen LogP contribution >= 0.6 is 17.0 Å². The average Bonchev–Trinajstić information content (AvgIpc) is 3.86. The van der Waals surface area contributed by atoms with Gasteiger partial charge in [0.15, 0.2) is 0 Å². The summed E-state index contributed by atoms with van der Waals surface area (Å²) in [6, 6.07) is 34.6. The van der Waals surface area contributed by atoms with Gasteiger partial charge < -0.3 is 0 Å². The Bertz CT molecular complexity index is 2330. The van der Waals surface area contributed by atoms with Crippen LogP contribution in [-0.4, -0.2) is 41.8 Å². The maximum atomic E-state index is 4.93. The van der Waals surface area contributed by atoms with E-state index in [9.17, 15) is 0 Å². The molecule has 0 spiro atoms. The van der Waals surface area contributed by atoms with Crippen LogP contribution in [0.2, 0.25) is 91.7 Å². The normalized spacial score (nSPS) is 13.4. The Balaban J connectivity index is 0.000000323. The monoisotopic (exact) mass is 1110 g/mol. The minimum atomic E-state index is -1.43. The molecule has 0 aliphatic heterocycles. The second-order valence-corrected chi connectivity index (χ2v) is 50.9. The van der Waals surface area contributed by atoms with Crippen LogP contribution in [0.4, 0.5) is 0 Å². The SMILES string of the molecule is CCC(C)c1cc2c(-c3cc([Si](C)(C)C)cc([Si](C)(C)C)c3)c(C(C)(C)C)ccc2[cH-]1.CCC(C)c1cc2c(-c3cc([Si](C)(C)C)cc([Si](C)(C)C)c3)c(C(C)(C)C)ccc2[cH-]1.C[Si]C.[Cl][Zr+2][Cl]. The van der Waals surface area contributed by atoms with Gasteiger partial charge in [-0.2, -0.15) is 12.1 Å². The second kappa shape index (κ2) is 24.1. The van der Waals surface area contributed by atoms with Gasteiger partial charge in [0.25, 0.3) is 0 Å². The third-order valence-corrected chi connectivity index (χ3v) is 21.8. The van der Waals surface area contributed by atoms with Gasteiger partial charge >= 0.3 is 37.9 Å². The van der Waals surface area contributed by atoms with Gasteiger partial charge in [-0.1, -0.05) is 253 Å². The van der Waals surface area contributed by atoms with E-state index in [2.05, 4.69) is 246 Å². The number of benzene rings is 4. The van der Waals surface area contributed by atoms with Crippen molar-refractivity contribution >= 4 is 101 Å². The summed E-state index contributed by atoms with van der Waals surface area (Å²) >= 11 is -0.826.